The number of piperazine rings is 1. The van der Waals surface area contributed by atoms with Crippen LogP contribution < -0.4 is 0 Å². The van der Waals surface area contributed by atoms with E-state index >= 15 is 0 Å². The van der Waals surface area contributed by atoms with E-state index in [-0.39, 0.29) is 17.9 Å². The molecule has 1 aliphatic rings. The first-order valence-electron chi connectivity index (χ1n) is 7.39. The summed E-state index contributed by atoms with van der Waals surface area (Å²) in [5, 5.41) is 8.75. The van der Waals surface area contributed by atoms with Crippen molar-refractivity contribution in [3.05, 3.63) is 0 Å². The number of rotatable bonds is 5. The number of aliphatic carboxylic acids is 1. The van der Waals surface area contributed by atoms with Crippen LogP contribution in [0.5, 0.6) is 0 Å². The van der Waals surface area contributed by atoms with Crippen molar-refractivity contribution in [2.75, 3.05) is 32.7 Å². The van der Waals surface area contributed by atoms with Gasteiger partial charge in [-0.3, -0.25) is 14.5 Å². The van der Waals surface area contributed by atoms with Crippen LogP contribution >= 0.6 is 0 Å². The smallest absolute Gasteiger partial charge is 0.317 e. The van der Waals surface area contributed by atoms with E-state index in [4.69, 9.17) is 5.11 Å². The first kappa shape index (κ1) is 17.0. The van der Waals surface area contributed by atoms with Crippen LogP contribution in [0.15, 0.2) is 0 Å². The molecule has 1 saturated heterocycles. The van der Waals surface area contributed by atoms with Crippen LogP contribution in [0, 0.1) is 11.3 Å². The zero-order valence-corrected chi connectivity index (χ0v) is 13.2. The highest BCUT2D eigenvalue weighted by atomic mass is 16.4. The number of carboxylic acid groups (broad SMARTS) is 1. The number of carboxylic acids is 1. The van der Waals surface area contributed by atoms with Crippen LogP contribution in [0.2, 0.25) is 0 Å². The number of hydrogen-bond donors (Lipinski definition) is 1. The normalized spacial score (nSPS) is 18.9. The van der Waals surface area contributed by atoms with Crippen LogP contribution in [0.1, 0.15) is 40.5 Å². The molecular weight excluding hydrogens is 256 g/mol. The van der Waals surface area contributed by atoms with Crippen molar-refractivity contribution < 1.29 is 14.7 Å². The zero-order valence-electron chi connectivity index (χ0n) is 13.2. The van der Waals surface area contributed by atoms with E-state index in [0.717, 1.165) is 6.42 Å². The maximum atomic E-state index is 12.2. The first-order chi connectivity index (χ1) is 9.17. The Morgan fingerprint density at radius 3 is 2.15 bits per heavy atom. The predicted molar refractivity (Wildman–Crippen MR) is 78.5 cm³/mol. The molecule has 1 amide bonds. The van der Waals surface area contributed by atoms with Gasteiger partial charge in [-0.2, -0.15) is 0 Å². The highest BCUT2D eigenvalue weighted by Crippen LogP contribution is 2.26. The van der Waals surface area contributed by atoms with Crippen molar-refractivity contribution in [2.24, 2.45) is 11.3 Å². The summed E-state index contributed by atoms with van der Waals surface area (Å²) in [7, 11) is 0. The Bertz CT molecular complexity index is 342. The van der Waals surface area contributed by atoms with Crippen molar-refractivity contribution in [1.82, 2.24) is 9.80 Å². The summed E-state index contributed by atoms with van der Waals surface area (Å²) in [5.74, 6) is -0.208. The van der Waals surface area contributed by atoms with Gasteiger partial charge in [0.2, 0.25) is 5.91 Å². The Morgan fingerprint density at radius 1 is 1.15 bits per heavy atom. The number of carbonyl (C=O) groups is 2. The molecule has 5 heteroatoms. The Hall–Kier alpha value is -1.10. The Balaban J connectivity index is 2.34. The van der Waals surface area contributed by atoms with Gasteiger partial charge in [-0.1, -0.05) is 27.7 Å². The van der Waals surface area contributed by atoms with Gasteiger partial charge in [0.15, 0.2) is 0 Å². The maximum Gasteiger partial charge on any atom is 0.317 e. The Morgan fingerprint density at radius 2 is 1.70 bits per heavy atom. The number of carbonyl (C=O) groups excluding carboxylic acids is 1. The van der Waals surface area contributed by atoms with E-state index in [1.165, 1.54) is 0 Å². The molecule has 1 fully saturated rings. The van der Waals surface area contributed by atoms with Gasteiger partial charge in [-0.15, -0.1) is 0 Å². The summed E-state index contributed by atoms with van der Waals surface area (Å²) in [6.07, 6.45) is 1.63. The van der Waals surface area contributed by atoms with Gasteiger partial charge in [0.05, 0.1) is 6.54 Å². The van der Waals surface area contributed by atoms with E-state index in [0.29, 0.717) is 38.5 Å². The molecule has 1 N–H and O–H groups in total. The molecule has 0 aromatic carbocycles. The zero-order chi connectivity index (χ0) is 15.3. The Kier molecular flexibility index (Phi) is 5.99. The molecule has 1 rings (SSSR count). The Labute approximate surface area is 121 Å². The summed E-state index contributed by atoms with van der Waals surface area (Å²) in [6.45, 7) is 11.4. The number of amides is 1. The second kappa shape index (κ2) is 7.07. The molecule has 0 aromatic heterocycles. The molecule has 0 spiro atoms. The summed E-state index contributed by atoms with van der Waals surface area (Å²) < 4.78 is 0. The average Bonchev–Trinajstić information content (AvgIpc) is 2.26. The second-order valence-electron chi connectivity index (χ2n) is 7.12. The first-order valence-corrected chi connectivity index (χ1v) is 7.39. The van der Waals surface area contributed by atoms with E-state index in [1.807, 2.05) is 9.80 Å². The van der Waals surface area contributed by atoms with Crippen LogP contribution in [0.25, 0.3) is 0 Å². The minimum atomic E-state index is -0.802. The fourth-order valence-corrected chi connectivity index (χ4v) is 2.89. The molecular formula is C15H28N2O3. The van der Waals surface area contributed by atoms with Crippen molar-refractivity contribution >= 4 is 11.9 Å². The van der Waals surface area contributed by atoms with Crippen LogP contribution in [-0.2, 0) is 9.59 Å². The topological polar surface area (TPSA) is 60.9 Å². The minimum Gasteiger partial charge on any atom is -0.480 e. The monoisotopic (exact) mass is 284 g/mol. The largest absolute Gasteiger partial charge is 0.480 e. The molecule has 0 saturated carbocycles. The summed E-state index contributed by atoms with van der Waals surface area (Å²) in [6, 6.07) is 0. The van der Waals surface area contributed by atoms with Gasteiger partial charge < -0.3 is 10.0 Å². The molecule has 0 aromatic rings. The van der Waals surface area contributed by atoms with E-state index in [2.05, 4.69) is 27.7 Å². The SMILES string of the molecule is CC(CC(=O)N1CCN(CC(=O)O)CC1)CC(C)(C)C. The van der Waals surface area contributed by atoms with Crippen LogP contribution in [-0.4, -0.2) is 59.5 Å². The third-order valence-electron chi connectivity index (χ3n) is 3.57. The lowest BCUT2D eigenvalue weighted by atomic mass is 9.84. The van der Waals surface area contributed by atoms with Crippen LogP contribution in [0.4, 0.5) is 0 Å². The number of nitrogens with zero attached hydrogens (tertiary/aromatic N) is 2. The fraction of sp³-hybridized carbons (Fsp3) is 0.867. The van der Waals surface area contributed by atoms with Gasteiger partial charge in [0.1, 0.15) is 0 Å². The van der Waals surface area contributed by atoms with Gasteiger partial charge in [0.25, 0.3) is 0 Å². The predicted octanol–water partition coefficient (Wildman–Crippen LogP) is 1.68. The van der Waals surface area contributed by atoms with Gasteiger partial charge in [-0.05, 0) is 17.8 Å². The molecule has 1 heterocycles. The molecule has 0 bridgehead atoms. The maximum absolute atomic E-state index is 12.2. The quantitative estimate of drug-likeness (QED) is 0.834. The van der Waals surface area contributed by atoms with Gasteiger partial charge >= 0.3 is 5.97 Å². The summed E-state index contributed by atoms with van der Waals surface area (Å²) >= 11 is 0. The van der Waals surface area contributed by atoms with Crippen LogP contribution in [0.3, 0.4) is 0 Å². The van der Waals surface area contributed by atoms with Crippen molar-refractivity contribution in [2.45, 2.75) is 40.5 Å². The van der Waals surface area contributed by atoms with E-state index < -0.39 is 5.97 Å². The third-order valence-corrected chi connectivity index (χ3v) is 3.57. The lowest BCUT2D eigenvalue weighted by Crippen LogP contribution is -2.50. The molecule has 116 valence electrons. The van der Waals surface area contributed by atoms with Crippen molar-refractivity contribution in [3.8, 4) is 0 Å². The summed E-state index contributed by atoms with van der Waals surface area (Å²) in [4.78, 5) is 26.6. The molecule has 1 atom stereocenters. The molecule has 0 radical (unpaired) electrons. The molecule has 1 aliphatic heterocycles. The van der Waals surface area contributed by atoms with Gasteiger partial charge in [-0.25, -0.2) is 0 Å². The molecule has 20 heavy (non-hydrogen) atoms. The lowest BCUT2D eigenvalue weighted by Gasteiger charge is -2.34. The lowest BCUT2D eigenvalue weighted by molar-refractivity contribution is -0.139. The number of hydrogen-bond acceptors (Lipinski definition) is 3. The second-order valence-corrected chi connectivity index (χ2v) is 7.12. The molecule has 5 nitrogen and oxygen atoms in total. The van der Waals surface area contributed by atoms with E-state index in [1.54, 1.807) is 0 Å². The highest BCUT2D eigenvalue weighted by Gasteiger charge is 2.24. The minimum absolute atomic E-state index is 0.0719. The summed E-state index contributed by atoms with van der Waals surface area (Å²) in [5.41, 5.74) is 0.250. The third kappa shape index (κ3) is 6.37. The van der Waals surface area contributed by atoms with Crippen molar-refractivity contribution in [3.63, 3.8) is 0 Å². The molecule has 1 unspecified atom stereocenters. The highest BCUT2D eigenvalue weighted by molar-refractivity contribution is 5.76. The fourth-order valence-electron chi connectivity index (χ4n) is 2.89. The van der Waals surface area contributed by atoms with Gasteiger partial charge in [0, 0.05) is 32.6 Å². The molecule has 0 aliphatic carbocycles. The average molecular weight is 284 g/mol. The van der Waals surface area contributed by atoms with E-state index in [9.17, 15) is 9.59 Å². The standard InChI is InChI=1S/C15H28N2O3/c1-12(10-15(2,3)4)9-13(18)17-7-5-16(6-8-17)11-14(19)20/h12H,5-11H2,1-4H3,(H,19,20). The van der Waals surface area contributed by atoms with Crippen molar-refractivity contribution in [1.29, 1.82) is 0 Å².